The van der Waals surface area contributed by atoms with Gasteiger partial charge in [-0.05, 0) is 26.1 Å². The molecule has 4 nitrogen and oxygen atoms in total. The highest BCUT2D eigenvalue weighted by molar-refractivity contribution is 6.30. The van der Waals surface area contributed by atoms with E-state index < -0.39 is 0 Å². The Morgan fingerprint density at radius 1 is 1.37 bits per heavy atom. The number of rotatable bonds is 5. The molecule has 0 aliphatic heterocycles. The number of halogens is 1. The summed E-state index contributed by atoms with van der Waals surface area (Å²) in [6.45, 7) is 2.69. The number of nitrogens with zero attached hydrogens (tertiary/aromatic N) is 2. The summed E-state index contributed by atoms with van der Waals surface area (Å²) in [6.07, 6.45) is 0. The van der Waals surface area contributed by atoms with Gasteiger partial charge in [-0.15, -0.1) is 0 Å². The maximum absolute atomic E-state index is 9.09. The van der Waals surface area contributed by atoms with E-state index >= 15 is 0 Å². The summed E-state index contributed by atoms with van der Waals surface area (Å²) in [4.78, 5) is 2.01. The van der Waals surface area contributed by atoms with Crippen molar-refractivity contribution in [3.05, 3.63) is 41.1 Å². The van der Waals surface area contributed by atoms with Crippen LogP contribution in [0.5, 0.6) is 0 Å². The van der Waals surface area contributed by atoms with Crippen LogP contribution in [0.2, 0.25) is 5.02 Å². The van der Waals surface area contributed by atoms with E-state index in [1.54, 1.807) is 0 Å². The lowest BCUT2D eigenvalue weighted by Gasteiger charge is -2.20. The minimum absolute atomic E-state index is 0.0871. The Hall–Kier alpha value is -1.36. The van der Waals surface area contributed by atoms with Gasteiger partial charge in [0.05, 0.1) is 13.2 Å². The van der Waals surface area contributed by atoms with Crippen LogP contribution in [0, 0.1) is 0 Å². The van der Waals surface area contributed by atoms with Crippen molar-refractivity contribution in [2.24, 2.45) is 0 Å². The van der Waals surface area contributed by atoms with E-state index in [0.717, 1.165) is 17.0 Å². The molecule has 0 saturated carbocycles. The minimum atomic E-state index is 0.0871. The average Bonchev–Trinajstić information content (AvgIpc) is 2.87. The molecule has 0 radical (unpaired) electrons. The molecule has 0 bridgehead atoms. The number of hydrogen-bond acceptors (Lipinski definition) is 4. The monoisotopic (exact) mass is 280 g/mol. The van der Waals surface area contributed by atoms with Crippen LogP contribution >= 0.6 is 11.6 Å². The molecular formula is C14H17ClN2O2. The number of benzene rings is 1. The summed E-state index contributed by atoms with van der Waals surface area (Å²) in [5.41, 5.74) is 1.76. The van der Waals surface area contributed by atoms with Crippen LogP contribution in [0.15, 0.2) is 34.9 Å². The van der Waals surface area contributed by atoms with Gasteiger partial charge in [-0.25, -0.2) is 0 Å². The molecule has 1 aromatic heterocycles. The second-order valence-electron chi connectivity index (χ2n) is 4.63. The van der Waals surface area contributed by atoms with Crippen LogP contribution in [-0.4, -0.2) is 34.9 Å². The Labute approximate surface area is 117 Å². The topological polar surface area (TPSA) is 49.5 Å². The second kappa shape index (κ2) is 6.19. The fraction of sp³-hybridized carbons (Fsp3) is 0.357. The van der Waals surface area contributed by atoms with E-state index in [0.29, 0.717) is 11.6 Å². The Morgan fingerprint density at radius 2 is 2.05 bits per heavy atom. The molecule has 1 heterocycles. The summed E-state index contributed by atoms with van der Waals surface area (Å²) in [6, 6.07) is 9.46. The fourth-order valence-corrected chi connectivity index (χ4v) is 1.81. The van der Waals surface area contributed by atoms with Crippen LogP contribution in [0.3, 0.4) is 0 Å². The number of aliphatic hydroxyl groups excluding tert-OH is 1. The van der Waals surface area contributed by atoms with Crippen molar-refractivity contribution >= 4 is 11.6 Å². The molecule has 0 spiro atoms. The van der Waals surface area contributed by atoms with E-state index in [2.05, 4.69) is 5.16 Å². The van der Waals surface area contributed by atoms with Crippen LogP contribution < -0.4 is 0 Å². The van der Waals surface area contributed by atoms with Gasteiger partial charge in [0.15, 0.2) is 5.76 Å². The Bertz CT molecular complexity index is 524. The summed E-state index contributed by atoms with van der Waals surface area (Å²) in [7, 11) is 1.94. The largest absolute Gasteiger partial charge is 0.395 e. The van der Waals surface area contributed by atoms with E-state index in [4.69, 9.17) is 21.2 Å². The first-order chi connectivity index (χ1) is 9.10. The third-order valence-electron chi connectivity index (χ3n) is 3.12. The van der Waals surface area contributed by atoms with Gasteiger partial charge in [0.1, 0.15) is 5.69 Å². The maximum atomic E-state index is 9.09. The van der Waals surface area contributed by atoms with E-state index in [-0.39, 0.29) is 12.6 Å². The molecule has 1 atom stereocenters. The van der Waals surface area contributed by atoms with Gasteiger partial charge < -0.3 is 9.63 Å². The maximum Gasteiger partial charge on any atom is 0.151 e. The molecule has 0 fully saturated rings. The zero-order valence-electron chi connectivity index (χ0n) is 11.0. The third kappa shape index (κ3) is 3.56. The summed E-state index contributed by atoms with van der Waals surface area (Å²) >= 11 is 5.85. The Balaban J connectivity index is 2.09. The molecule has 19 heavy (non-hydrogen) atoms. The highest BCUT2D eigenvalue weighted by Gasteiger charge is 2.12. The summed E-state index contributed by atoms with van der Waals surface area (Å²) in [5, 5.41) is 13.8. The molecule has 2 aromatic rings. The average molecular weight is 281 g/mol. The smallest absolute Gasteiger partial charge is 0.151 e. The minimum Gasteiger partial charge on any atom is -0.395 e. The van der Waals surface area contributed by atoms with Gasteiger partial charge in [-0.1, -0.05) is 28.9 Å². The molecule has 1 unspecified atom stereocenters. The molecule has 0 aliphatic carbocycles. The first-order valence-electron chi connectivity index (χ1n) is 6.13. The lowest BCUT2D eigenvalue weighted by Crippen LogP contribution is -2.31. The Morgan fingerprint density at radius 3 is 2.68 bits per heavy atom. The van der Waals surface area contributed by atoms with Gasteiger partial charge in [-0.2, -0.15) is 0 Å². The lowest BCUT2D eigenvalue weighted by atomic mass is 10.1. The standard InChI is InChI=1S/C14H17ClN2O2/c1-10(9-18)17(2)8-13-7-14(16-19-13)11-3-5-12(15)6-4-11/h3-7,10,18H,8-9H2,1-2H3. The van der Waals surface area contributed by atoms with Crippen molar-refractivity contribution in [2.75, 3.05) is 13.7 Å². The quantitative estimate of drug-likeness (QED) is 0.915. The van der Waals surface area contributed by atoms with Crippen LogP contribution in [0.4, 0.5) is 0 Å². The molecule has 5 heteroatoms. The molecule has 1 N–H and O–H groups in total. The van der Waals surface area contributed by atoms with Crippen molar-refractivity contribution in [3.8, 4) is 11.3 Å². The zero-order valence-corrected chi connectivity index (χ0v) is 11.8. The highest BCUT2D eigenvalue weighted by Crippen LogP contribution is 2.21. The molecule has 2 rings (SSSR count). The van der Waals surface area contributed by atoms with Gasteiger partial charge >= 0.3 is 0 Å². The van der Waals surface area contributed by atoms with Crippen molar-refractivity contribution in [3.63, 3.8) is 0 Å². The van der Waals surface area contributed by atoms with Crippen molar-refractivity contribution in [2.45, 2.75) is 19.5 Å². The first kappa shape index (κ1) is 14.1. The molecule has 0 amide bonds. The summed E-state index contributed by atoms with van der Waals surface area (Å²) in [5.74, 6) is 0.771. The van der Waals surface area contributed by atoms with E-state index in [1.165, 1.54) is 0 Å². The highest BCUT2D eigenvalue weighted by atomic mass is 35.5. The molecule has 0 aliphatic rings. The van der Waals surface area contributed by atoms with Crippen molar-refractivity contribution in [1.29, 1.82) is 0 Å². The molecule has 102 valence electrons. The normalized spacial score (nSPS) is 12.9. The summed E-state index contributed by atoms with van der Waals surface area (Å²) < 4.78 is 5.31. The van der Waals surface area contributed by atoms with E-state index in [9.17, 15) is 0 Å². The van der Waals surface area contributed by atoms with Crippen molar-refractivity contribution in [1.82, 2.24) is 10.1 Å². The number of aromatic nitrogens is 1. The van der Waals surface area contributed by atoms with Crippen LogP contribution in [0.1, 0.15) is 12.7 Å². The van der Waals surface area contributed by atoms with Crippen molar-refractivity contribution < 1.29 is 9.63 Å². The predicted octanol–water partition coefficient (Wildman–Crippen LogP) is 2.81. The Kier molecular flexibility index (Phi) is 4.58. The number of likely N-dealkylation sites (N-methyl/N-ethyl adjacent to an activating group) is 1. The number of hydrogen-bond donors (Lipinski definition) is 1. The van der Waals surface area contributed by atoms with Gasteiger partial charge in [0.25, 0.3) is 0 Å². The van der Waals surface area contributed by atoms with Gasteiger partial charge in [-0.3, -0.25) is 4.90 Å². The SMILES string of the molecule is CC(CO)N(C)Cc1cc(-c2ccc(Cl)cc2)no1. The van der Waals surface area contributed by atoms with E-state index in [1.807, 2.05) is 49.2 Å². The van der Waals surface area contributed by atoms with Gasteiger partial charge in [0, 0.05) is 22.7 Å². The first-order valence-corrected chi connectivity index (χ1v) is 6.50. The zero-order chi connectivity index (χ0) is 13.8. The third-order valence-corrected chi connectivity index (χ3v) is 3.37. The fourth-order valence-electron chi connectivity index (χ4n) is 1.69. The van der Waals surface area contributed by atoms with Gasteiger partial charge in [0.2, 0.25) is 0 Å². The number of aliphatic hydroxyl groups is 1. The molecule has 0 saturated heterocycles. The molecular weight excluding hydrogens is 264 g/mol. The lowest BCUT2D eigenvalue weighted by molar-refractivity contribution is 0.143. The van der Waals surface area contributed by atoms with Crippen LogP contribution in [0.25, 0.3) is 11.3 Å². The second-order valence-corrected chi connectivity index (χ2v) is 5.07. The predicted molar refractivity (Wildman–Crippen MR) is 75.0 cm³/mol. The van der Waals surface area contributed by atoms with Crippen LogP contribution in [-0.2, 0) is 6.54 Å². The molecule has 1 aromatic carbocycles.